The maximum Gasteiger partial charge on any atom is 0.231 e. The molecule has 3 rings (SSSR count). The number of carbonyl (C=O) groups excluding carboxylic acids is 1. The Morgan fingerprint density at radius 2 is 2.05 bits per heavy atom. The van der Waals surface area contributed by atoms with E-state index < -0.39 is 0 Å². The third-order valence-electron chi connectivity index (χ3n) is 4.47. The standard InChI is InChI=1S/C17H24N2O3/c1-2-19(17(20)10-13-5-7-18-8-6-13)11-14-3-4-15-16(9-14)22-12-21-15/h3-4,9,13,18H,2,5-8,10-12H2,1H3. The first-order chi connectivity index (χ1) is 10.8. The van der Waals surface area contributed by atoms with Crippen molar-refractivity contribution in [2.24, 2.45) is 5.92 Å². The van der Waals surface area contributed by atoms with Gasteiger partial charge >= 0.3 is 0 Å². The molecule has 0 bridgehead atoms. The third-order valence-corrected chi connectivity index (χ3v) is 4.47. The van der Waals surface area contributed by atoms with Crippen molar-refractivity contribution >= 4 is 5.91 Å². The lowest BCUT2D eigenvalue weighted by atomic mass is 9.94. The number of hydrogen-bond donors (Lipinski definition) is 1. The first kappa shape index (κ1) is 15.2. The highest BCUT2D eigenvalue weighted by Crippen LogP contribution is 2.32. The van der Waals surface area contributed by atoms with E-state index in [1.165, 1.54) is 0 Å². The van der Waals surface area contributed by atoms with Crippen LogP contribution in [0, 0.1) is 5.92 Å². The van der Waals surface area contributed by atoms with Crippen LogP contribution in [0.25, 0.3) is 0 Å². The summed E-state index contributed by atoms with van der Waals surface area (Å²) in [5.41, 5.74) is 1.09. The molecule has 1 aromatic carbocycles. The molecule has 2 heterocycles. The van der Waals surface area contributed by atoms with Crippen molar-refractivity contribution in [3.05, 3.63) is 23.8 Å². The molecule has 2 aliphatic rings. The van der Waals surface area contributed by atoms with Gasteiger partial charge in [0.05, 0.1) is 0 Å². The molecular formula is C17H24N2O3. The first-order valence-electron chi connectivity index (χ1n) is 8.13. The first-order valence-corrected chi connectivity index (χ1v) is 8.13. The van der Waals surface area contributed by atoms with Crippen molar-refractivity contribution in [1.82, 2.24) is 10.2 Å². The van der Waals surface area contributed by atoms with Crippen molar-refractivity contribution in [1.29, 1.82) is 0 Å². The molecule has 0 aliphatic carbocycles. The van der Waals surface area contributed by atoms with Crippen LogP contribution in [0.15, 0.2) is 18.2 Å². The number of fused-ring (bicyclic) bond motifs is 1. The highest BCUT2D eigenvalue weighted by molar-refractivity contribution is 5.76. The number of piperidine rings is 1. The Labute approximate surface area is 131 Å². The van der Waals surface area contributed by atoms with E-state index in [2.05, 4.69) is 5.32 Å². The van der Waals surface area contributed by atoms with Crippen LogP contribution in [0.4, 0.5) is 0 Å². The number of ether oxygens (including phenoxy) is 2. The van der Waals surface area contributed by atoms with Crippen LogP contribution >= 0.6 is 0 Å². The fraction of sp³-hybridized carbons (Fsp3) is 0.588. The van der Waals surface area contributed by atoms with Crippen molar-refractivity contribution in [2.45, 2.75) is 32.7 Å². The van der Waals surface area contributed by atoms with Gasteiger partial charge in [0.1, 0.15) is 0 Å². The topological polar surface area (TPSA) is 50.8 Å². The third kappa shape index (κ3) is 3.53. The van der Waals surface area contributed by atoms with E-state index in [9.17, 15) is 4.79 Å². The fourth-order valence-corrected chi connectivity index (χ4v) is 3.10. The molecule has 0 spiro atoms. The molecule has 1 aromatic rings. The molecule has 1 saturated heterocycles. The van der Waals surface area contributed by atoms with Gasteiger partial charge in [-0.2, -0.15) is 0 Å². The van der Waals surface area contributed by atoms with E-state index in [4.69, 9.17) is 9.47 Å². The number of carbonyl (C=O) groups is 1. The maximum atomic E-state index is 12.5. The van der Waals surface area contributed by atoms with Crippen LogP contribution in [-0.2, 0) is 11.3 Å². The van der Waals surface area contributed by atoms with Gasteiger partial charge in [-0.3, -0.25) is 4.79 Å². The molecule has 0 aromatic heterocycles. The van der Waals surface area contributed by atoms with Crippen molar-refractivity contribution in [2.75, 3.05) is 26.4 Å². The summed E-state index contributed by atoms with van der Waals surface area (Å²) in [6.07, 6.45) is 2.88. The lowest BCUT2D eigenvalue weighted by Crippen LogP contribution is -2.35. The fourth-order valence-electron chi connectivity index (χ4n) is 3.10. The van der Waals surface area contributed by atoms with Crippen LogP contribution in [0.2, 0.25) is 0 Å². The largest absolute Gasteiger partial charge is 0.454 e. The van der Waals surface area contributed by atoms with Crippen LogP contribution in [0.5, 0.6) is 11.5 Å². The lowest BCUT2D eigenvalue weighted by Gasteiger charge is -2.26. The Bertz CT molecular complexity index is 527. The molecule has 120 valence electrons. The molecule has 1 amide bonds. The van der Waals surface area contributed by atoms with E-state index >= 15 is 0 Å². The number of amides is 1. The zero-order valence-corrected chi connectivity index (χ0v) is 13.1. The Kier molecular flexibility index (Phi) is 4.83. The number of rotatable bonds is 5. The molecule has 1 N–H and O–H groups in total. The van der Waals surface area contributed by atoms with Crippen molar-refractivity contribution in [3.8, 4) is 11.5 Å². The van der Waals surface area contributed by atoms with E-state index in [1.54, 1.807) is 0 Å². The molecule has 2 aliphatic heterocycles. The summed E-state index contributed by atoms with van der Waals surface area (Å²) >= 11 is 0. The number of hydrogen-bond acceptors (Lipinski definition) is 4. The van der Waals surface area contributed by atoms with Gasteiger partial charge in [0.25, 0.3) is 0 Å². The van der Waals surface area contributed by atoms with Crippen LogP contribution in [0.3, 0.4) is 0 Å². The van der Waals surface area contributed by atoms with Crippen LogP contribution in [-0.4, -0.2) is 37.2 Å². The Morgan fingerprint density at radius 1 is 1.27 bits per heavy atom. The SMILES string of the molecule is CCN(Cc1ccc2c(c1)OCO2)C(=O)CC1CCNCC1. The highest BCUT2D eigenvalue weighted by Gasteiger charge is 2.21. The van der Waals surface area contributed by atoms with Crippen molar-refractivity contribution < 1.29 is 14.3 Å². The summed E-state index contributed by atoms with van der Waals surface area (Å²) in [5, 5.41) is 3.34. The summed E-state index contributed by atoms with van der Waals surface area (Å²) in [7, 11) is 0. The number of nitrogens with one attached hydrogen (secondary N) is 1. The summed E-state index contributed by atoms with van der Waals surface area (Å²) in [4.78, 5) is 14.5. The second-order valence-electron chi connectivity index (χ2n) is 5.99. The van der Waals surface area contributed by atoms with Crippen LogP contribution in [0.1, 0.15) is 31.7 Å². The average Bonchev–Trinajstić information content (AvgIpc) is 3.01. The molecule has 0 radical (unpaired) electrons. The van der Waals surface area contributed by atoms with Gasteiger partial charge < -0.3 is 19.7 Å². The van der Waals surface area contributed by atoms with Gasteiger partial charge in [-0.05, 0) is 56.5 Å². The smallest absolute Gasteiger partial charge is 0.231 e. The molecular weight excluding hydrogens is 280 g/mol. The molecule has 0 saturated carbocycles. The summed E-state index contributed by atoms with van der Waals surface area (Å²) < 4.78 is 10.7. The number of nitrogens with zero attached hydrogens (tertiary/aromatic N) is 1. The molecule has 1 fully saturated rings. The number of benzene rings is 1. The van der Waals surface area contributed by atoms with Gasteiger partial charge in [-0.15, -0.1) is 0 Å². The van der Waals surface area contributed by atoms with Gasteiger partial charge in [0.2, 0.25) is 12.7 Å². The molecule has 5 nitrogen and oxygen atoms in total. The van der Waals surface area contributed by atoms with E-state index in [0.717, 1.165) is 49.5 Å². The van der Waals surface area contributed by atoms with Gasteiger partial charge in [0, 0.05) is 19.5 Å². The summed E-state index contributed by atoms with van der Waals surface area (Å²) in [5.74, 6) is 2.35. The average molecular weight is 304 g/mol. The monoisotopic (exact) mass is 304 g/mol. The minimum absolute atomic E-state index is 0.257. The second-order valence-corrected chi connectivity index (χ2v) is 5.99. The highest BCUT2D eigenvalue weighted by atomic mass is 16.7. The van der Waals surface area contributed by atoms with Crippen molar-refractivity contribution in [3.63, 3.8) is 0 Å². The molecule has 0 atom stereocenters. The predicted molar refractivity (Wildman–Crippen MR) is 83.9 cm³/mol. The zero-order chi connectivity index (χ0) is 15.4. The summed E-state index contributed by atoms with van der Waals surface area (Å²) in [6, 6.07) is 5.90. The molecule has 0 unspecified atom stereocenters. The van der Waals surface area contributed by atoms with E-state index in [-0.39, 0.29) is 12.7 Å². The van der Waals surface area contributed by atoms with Gasteiger partial charge in [-0.1, -0.05) is 6.07 Å². The predicted octanol–water partition coefficient (Wildman–Crippen LogP) is 2.15. The Morgan fingerprint density at radius 3 is 2.82 bits per heavy atom. The van der Waals surface area contributed by atoms with Crippen LogP contribution < -0.4 is 14.8 Å². The van der Waals surface area contributed by atoms with E-state index in [1.807, 2.05) is 30.0 Å². The Hall–Kier alpha value is -1.75. The normalized spacial score (nSPS) is 17.5. The van der Waals surface area contributed by atoms with Gasteiger partial charge in [-0.25, -0.2) is 0 Å². The summed E-state index contributed by atoms with van der Waals surface area (Å²) in [6.45, 7) is 5.76. The van der Waals surface area contributed by atoms with Gasteiger partial charge in [0.15, 0.2) is 11.5 Å². The van der Waals surface area contributed by atoms with E-state index in [0.29, 0.717) is 18.9 Å². The maximum absolute atomic E-state index is 12.5. The minimum atomic E-state index is 0.257. The zero-order valence-electron chi connectivity index (χ0n) is 13.1. The quantitative estimate of drug-likeness (QED) is 0.905. The molecule has 5 heteroatoms. The Balaban J connectivity index is 1.59. The molecule has 22 heavy (non-hydrogen) atoms. The second kappa shape index (κ2) is 7.01. The minimum Gasteiger partial charge on any atom is -0.454 e. The lowest BCUT2D eigenvalue weighted by molar-refractivity contribution is -0.132.